The highest BCUT2D eigenvalue weighted by molar-refractivity contribution is 5.94. The zero-order valence-corrected chi connectivity index (χ0v) is 11.5. The molecule has 104 valence electrons. The summed E-state index contributed by atoms with van der Waals surface area (Å²) < 4.78 is 5.05. The molecule has 5 heteroatoms. The number of hydrogen-bond acceptors (Lipinski definition) is 3. The van der Waals surface area contributed by atoms with Gasteiger partial charge in [0.1, 0.15) is 6.10 Å². The Labute approximate surface area is 113 Å². The number of hydrogen-bond donors (Lipinski definition) is 2. The quantitative estimate of drug-likeness (QED) is 0.808. The van der Waals surface area contributed by atoms with Crippen molar-refractivity contribution < 1.29 is 14.3 Å². The van der Waals surface area contributed by atoms with Crippen LogP contribution in [0.3, 0.4) is 0 Å². The number of methoxy groups -OCH3 is 1. The highest BCUT2D eigenvalue weighted by Crippen LogP contribution is 2.05. The molecule has 0 aliphatic heterocycles. The zero-order chi connectivity index (χ0) is 14.3. The van der Waals surface area contributed by atoms with E-state index in [2.05, 4.69) is 10.6 Å². The Morgan fingerprint density at radius 2 is 2.11 bits per heavy atom. The lowest BCUT2D eigenvalue weighted by Crippen LogP contribution is -2.35. The van der Waals surface area contributed by atoms with Crippen LogP contribution in [-0.2, 0) is 16.1 Å². The molecule has 1 aromatic carbocycles. The predicted octanol–water partition coefficient (Wildman–Crippen LogP) is 1.09. The molecule has 0 spiro atoms. The van der Waals surface area contributed by atoms with E-state index in [0.717, 1.165) is 5.56 Å². The van der Waals surface area contributed by atoms with E-state index >= 15 is 0 Å². The van der Waals surface area contributed by atoms with Gasteiger partial charge < -0.3 is 15.4 Å². The van der Waals surface area contributed by atoms with E-state index in [4.69, 9.17) is 4.74 Å². The summed E-state index contributed by atoms with van der Waals surface area (Å²) in [5, 5.41) is 5.35. The Balaban J connectivity index is 2.63. The van der Waals surface area contributed by atoms with Crippen molar-refractivity contribution in [3.05, 3.63) is 35.4 Å². The first-order chi connectivity index (χ1) is 9.12. The molecule has 0 aromatic heterocycles. The summed E-state index contributed by atoms with van der Waals surface area (Å²) in [7, 11) is 3.10. The van der Waals surface area contributed by atoms with Gasteiger partial charge in [-0.3, -0.25) is 9.59 Å². The molecule has 5 nitrogen and oxygen atoms in total. The van der Waals surface area contributed by atoms with Gasteiger partial charge in [-0.05, 0) is 24.1 Å². The van der Waals surface area contributed by atoms with Gasteiger partial charge in [0.25, 0.3) is 5.91 Å². The van der Waals surface area contributed by atoms with Gasteiger partial charge >= 0.3 is 0 Å². The number of benzene rings is 1. The Morgan fingerprint density at radius 1 is 1.37 bits per heavy atom. The summed E-state index contributed by atoms with van der Waals surface area (Å²) in [4.78, 5) is 23.2. The van der Waals surface area contributed by atoms with Gasteiger partial charge in [-0.25, -0.2) is 0 Å². The van der Waals surface area contributed by atoms with Crippen LogP contribution in [0.15, 0.2) is 24.3 Å². The first-order valence-corrected chi connectivity index (χ1v) is 6.23. The highest BCUT2D eigenvalue weighted by atomic mass is 16.5. The number of carbonyl (C=O) groups is 2. The van der Waals surface area contributed by atoms with E-state index in [1.807, 2.05) is 13.0 Å². The van der Waals surface area contributed by atoms with Crippen LogP contribution in [0.2, 0.25) is 0 Å². The average Bonchev–Trinajstić information content (AvgIpc) is 2.45. The van der Waals surface area contributed by atoms with Crippen LogP contribution in [0.5, 0.6) is 0 Å². The smallest absolute Gasteiger partial charge is 0.251 e. The molecule has 2 amide bonds. The van der Waals surface area contributed by atoms with E-state index in [1.54, 1.807) is 25.2 Å². The molecule has 0 saturated carbocycles. The maximum absolute atomic E-state index is 11.7. The van der Waals surface area contributed by atoms with Crippen molar-refractivity contribution in [1.29, 1.82) is 0 Å². The summed E-state index contributed by atoms with van der Waals surface area (Å²) in [6, 6.07) is 7.14. The molecule has 1 rings (SSSR count). The van der Waals surface area contributed by atoms with E-state index < -0.39 is 6.10 Å². The Morgan fingerprint density at radius 3 is 2.68 bits per heavy atom. The van der Waals surface area contributed by atoms with Crippen molar-refractivity contribution in [3.63, 3.8) is 0 Å². The van der Waals surface area contributed by atoms with Gasteiger partial charge in [0.05, 0.1) is 0 Å². The third kappa shape index (κ3) is 4.37. The number of rotatable bonds is 6. The number of carbonyl (C=O) groups excluding carboxylic acids is 2. The summed E-state index contributed by atoms with van der Waals surface area (Å²) in [6.45, 7) is 2.27. The minimum Gasteiger partial charge on any atom is -0.372 e. The summed E-state index contributed by atoms with van der Waals surface area (Å²) >= 11 is 0. The molecule has 19 heavy (non-hydrogen) atoms. The Kier molecular flexibility index (Phi) is 6.02. The first-order valence-electron chi connectivity index (χ1n) is 6.23. The minimum absolute atomic E-state index is 0.142. The van der Waals surface area contributed by atoms with Gasteiger partial charge in [0.2, 0.25) is 5.91 Å². The third-order valence-electron chi connectivity index (χ3n) is 2.83. The second kappa shape index (κ2) is 7.53. The van der Waals surface area contributed by atoms with Crippen molar-refractivity contribution in [1.82, 2.24) is 10.6 Å². The van der Waals surface area contributed by atoms with Crippen molar-refractivity contribution >= 4 is 11.8 Å². The summed E-state index contributed by atoms with van der Waals surface area (Å²) in [5.41, 5.74) is 1.45. The van der Waals surface area contributed by atoms with Gasteiger partial charge in [-0.1, -0.05) is 19.1 Å². The fourth-order valence-corrected chi connectivity index (χ4v) is 1.73. The van der Waals surface area contributed by atoms with Gasteiger partial charge in [-0.2, -0.15) is 0 Å². The van der Waals surface area contributed by atoms with Crippen molar-refractivity contribution in [2.75, 3.05) is 14.2 Å². The normalized spacial score (nSPS) is 11.7. The largest absolute Gasteiger partial charge is 0.372 e. The lowest BCUT2D eigenvalue weighted by Gasteiger charge is -2.13. The maximum Gasteiger partial charge on any atom is 0.251 e. The average molecular weight is 264 g/mol. The van der Waals surface area contributed by atoms with E-state index in [9.17, 15) is 9.59 Å². The van der Waals surface area contributed by atoms with Gasteiger partial charge in [0.15, 0.2) is 0 Å². The lowest BCUT2D eigenvalue weighted by molar-refractivity contribution is -0.131. The summed E-state index contributed by atoms with van der Waals surface area (Å²) in [5.74, 6) is -0.285. The van der Waals surface area contributed by atoms with E-state index in [0.29, 0.717) is 18.5 Å². The number of nitrogens with one attached hydrogen (secondary N) is 2. The van der Waals surface area contributed by atoms with Crippen LogP contribution in [0.4, 0.5) is 0 Å². The zero-order valence-electron chi connectivity index (χ0n) is 11.5. The van der Waals surface area contributed by atoms with E-state index in [-0.39, 0.29) is 11.8 Å². The molecular weight excluding hydrogens is 244 g/mol. The van der Waals surface area contributed by atoms with E-state index in [1.165, 1.54) is 7.11 Å². The van der Waals surface area contributed by atoms with Crippen molar-refractivity contribution in [2.45, 2.75) is 26.0 Å². The summed E-state index contributed by atoms with van der Waals surface area (Å²) in [6.07, 6.45) is 0.197. The molecule has 0 radical (unpaired) electrons. The minimum atomic E-state index is -0.429. The standard InChI is InChI=1S/C14H20N2O3/c1-4-12(19-3)14(18)16-9-10-6-5-7-11(8-10)13(17)15-2/h5-8,12H,4,9H2,1-3H3,(H,15,17)(H,16,18)/t12-/m1/s1. The van der Waals surface area contributed by atoms with Crippen LogP contribution in [-0.4, -0.2) is 32.1 Å². The highest BCUT2D eigenvalue weighted by Gasteiger charge is 2.14. The number of ether oxygens (including phenoxy) is 1. The second-order valence-corrected chi connectivity index (χ2v) is 4.13. The van der Waals surface area contributed by atoms with Gasteiger partial charge in [-0.15, -0.1) is 0 Å². The van der Waals surface area contributed by atoms with Crippen LogP contribution in [0.25, 0.3) is 0 Å². The lowest BCUT2D eigenvalue weighted by atomic mass is 10.1. The van der Waals surface area contributed by atoms with Crippen LogP contribution >= 0.6 is 0 Å². The molecule has 0 aliphatic rings. The maximum atomic E-state index is 11.7. The Bertz CT molecular complexity index is 442. The molecule has 0 fully saturated rings. The molecule has 1 aromatic rings. The van der Waals surface area contributed by atoms with Crippen molar-refractivity contribution in [2.24, 2.45) is 0 Å². The first kappa shape index (κ1) is 15.2. The van der Waals surface area contributed by atoms with Gasteiger partial charge in [0, 0.05) is 26.3 Å². The molecule has 0 heterocycles. The fourth-order valence-electron chi connectivity index (χ4n) is 1.73. The third-order valence-corrected chi connectivity index (χ3v) is 2.83. The Hall–Kier alpha value is -1.88. The topological polar surface area (TPSA) is 67.4 Å². The number of amides is 2. The van der Waals surface area contributed by atoms with Crippen LogP contribution < -0.4 is 10.6 Å². The molecule has 0 saturated heterocycles. The molecule has 1 atom stereocenters. The predicted molar refractivity (Wildman–Crippen MR) is 72.8 cm³/mol. The monoisotopic (exact) mass is 264 g/mol. The molecule has 0 unspecified atom stereocenters. The van der Waals surface area contributed by atoms with Crippen LogP contribution in [0.1, 0.15) is 29.3 Å². The molecule has 2 N–H and O–H groups in total. The fraction of sp³-hybridized carbons (Fsp3) is 0.429. The molecule has 0 bridgehead atoms. The molecular formula is C14H20N2O3. The van der Waals surface area contributed by atoms with Crippen molar-refractivity contribution in [3.8, 4) is 0 Å². The van der Waals surface area contributed by atoms with Crippen LogP contribution in [0, 0.1) is 0 Å². The second-order valence-electron chi connectivity index (χ2n) is 4.13. The SMILES string of the molecule is CC[C@@H](OC)C(=O)NCc1cccc(C(=O)NC)c1. The molecule has 0 aliphatic carbocycles.